The van der Waals surface area contributed by atoms with Gasteiger partial charge in [-0.3, -0.25) is 19.3 Å². The summed E-state index contributed by atoms with van der Waals surface area (Å²) in [5.74, 6) is 0.366. The van der Waals surface area contributed by atoms with Crippen molar-refractivity contribution in [3.05, 3.63) is 98.8 Å². The fourth-order valence-corrected chi connectivity index (χ4v) is 5.51. The monoisotopic (exact) mass is 537 g/mol. The van der Waals surface area contributed by atoms with E-state index in [1.807, 2.05) is 38.1 Å². The van der Waals surface area contributed by atoms with Crippen LogP contribution in [0.2, 0.25) is 0 Å². The third-order valence-corrected chi connectivity index (χ3v) is 7.40. The number of thiazole rings is 1. The number of benzene rings is 3. The molecule has 0 saturated carbocycles. The molecule has 0 radical (unpaired) electrons. The zero-order valence-electron chi connectivity index (χ0n) is 21.2. The fourth-order valence-electron chi connectivity index (χ4n) is 4.51. The SMILES string of the molecule is CCOc1ccc(NC(=O)CN2C(=O)C(=c3sc4nc(-c5ccc(C)cc5)nn4c3=O)c3ccccc32)cc1. The molecule has 10 heteroatoms. The molecule has 3 aromatic carbocycles. The van der Waals surface area contributed by atoms with E-state index in [1.54, 1.807) is 48.5 Å². The number of carbonyl (C=O) groups is 2. The summed E-state index contributed by atoms with van der Waals surface area (Å²) in [5, 5.41) is 7.23. The Morgan fingerprint density at radius 3 is 2.46 bits per heavy atom. The normalized spacial score (nSPS) is 14.1. The number of fused-ring (bicyclic) bond motifs is 2. The maximum Gasteiger partial charge on any atom is 0.291 e. The van der Waals surface area contributed by atoms with Crippen LogP contribution in [-0.4, -0.2) is 39.6 Å². The molecule has 9 nitrogen and oxygen atoms in total. The van der Waals surface area contributed by atoms with E-state index in [1.165, 1.54) is 9.42 Å². The van der Waals surface area contributed by atoms with Crippen LogP contribution in [0.15, 0.2) is 77.6 Å². The minimum atomic E-state index is -0.418. The summed E-state index contributed by atoms with van der Waals surface area (Å²) in [4.78, 5) is 46.3. The number of rotatable bonds is 6. The average molecular weight is 538 g/mol. The third-order valence-electron chi connectivity index (χ3n) is 6.37. The van der Waals surface area contributed by atoms with E-state index in [0.717, 1.165) is 22.5 Å². The van der Waals surface area contributed by atoms with Crippen molar-refractivity contribution in [2.75, 3.05) is 23.4 Å². The van der Waals surface area contributed by atoms with Crippen LogP contribution in [0.1, 0.15) is 18.1 Å². The largest absolute Gasteiger partial charge is 0.494 e. The van der Waals surface area contributed by atoms with E-state index in [0.29, 0.717) is 40.1 Å². The molecular formula is C29H23N5O4S. The Bertz CT molecular complexity index is 1840. The van der Waals surface area contributed by atoms with E-state index in [-0.39, 0.29) is 22.6 Å². The highest BCUT2D eigenvalue weighted by Gasteiger charge is 2.35. The van der Waals surface area contributed by atoms with Crippen LogP contribution in [0.25, 0.3) is 21.9 Å². The van der Waals surface area contributed by atoms with Gasteiger partial charge in [0, 0.05) is 16.8 Å². The highest BCUT2D eigenvalue weighted by Crippen LogP contribution is 2.35. The minimum Gasteiger partial charge on any atom is -0.494 e. The van der Waals surface area contributed by atoms with Gasteiger partial charge >= 0.3 is 0 Å². The van der Waals surface area contributed by atoms with Crippen molar-refractivity contribution >= 4 is 45.1 Å². The summed E-state index contributed by atoms with van der Waals surface area (Å²) in [6, 6.07) is 21.9. The second-order valence-corrected chi connectivity index (χ2v) is 10.00. The molecule has 6 rings (SSSR count). The maximum atomic E-state index is 13.6. The quantitative estimate of drug-likeness (QED) is 0.356. The number of aromatic nitrogens is 3. The van der Waals surface area contributed by atoms with Crippen LogP contribution in [0, 0.1) is 6.92 Å². The maximum absolute atomic E-state index is 13.6. The zero-order valence-corrected chi connectivity index (χ0v) is 22.0. The highest BCUT2D eigenvalue weighted by atomic mass is 32.1. The minimum absolute atomic E-state index is 0.209. The summed E-state index contributed by atoms with van der Waals surface area (Å²) < 4.78 is 6.91. The predicted molar refractivity (Wildman–Crippen MR) is 150 cm³/mol. The van der Waals surface area contributed by atoms with Crippen LogP contribution in [0.4, 0.5) is 11.4 Å². The first-order valence-electron chi connectivity index (χ1n) is 12.4. The zero-order chi connectivity index (χ0) is 27.1. The molecular weight excluding hydrogens is 514 g/mol. The van der Waals surface area contributed by atoms with Crippen LogP contribution in [0.5, 0.6) is 5.75 Å². The van der Waals surface area contributed by atoms with Crippen LogP contribution < -0.4 is 25.0 Å². The molecule has 0 fully saturated rings. The Morgan fingerprint density at radius 1 is 1.00 bits per heavy atom. The molecule has 0 aliphatic carbocycles. The molecule has 2 aromatic heterocycles. The summed E-state index contributed by atoms with van der Waals surface area (Å²) >= 11 is 1.12. The fraction of sp³-hybridized carbons (Fsp3) is 0.138. The van der Waals surface area contributed by atoms with Gasteiger partial charge in [-0.1, -0.05) is 59.4 Å². The van der Waals surface area contributed by atoms with Gasteiger partial charge in [-0.05, 0) is 44.2 Å². The number of anilines is 2. The van der Waals surface area contributed by atoms with Crippen molar-refractivity contribution in [3.63, 3.8) is 0 Å². The summed E-state index contributed by atoms with van der Waals surface area (Å²) in [6.45, 7) is 4.23. The van der Waals surface area contributed by atoms with Crippen LogP contribution in [0.3, 0.4) is 0 Å². The first kappa shape index (κ1) is 24.5. The van der Waals surface area contributed by atoms with E-state index in [4.69, 9.17) is 4.74 Å². The number of hydrogen-bond donors (Lipinski definition) is 1. The van der Waals surface area contributed by atoms with E-state index in [2.05, 4.69) is 15.4 Å². The lowest BCUT2D eigenvalue weighted by Crippen LogP contribution is -2.37. The molecule has 0 saturated heterocycles. The molecule has 1 N–H and O–H groups in total. The second-order valence-electron chi connectivity index (χ2n) is 9.02. The predicted octanol–water partition coefficient (Wildman–Crippen LogP) is 3.43. The molecule has 1 aliphatic rings. The Kier molecular flexibility index (Phi) is 6.16. The van der Waals surface area contributed by atoms with Gasteiger partial charge in [0.2, 0.25) is 10.9 Å². The number of carbonyl (C=O) groups excluding carboxylic acids is 2. The first-order valence-corrected chi connectivity index (χ1v) is 13.2. The molecule has 1 aliphatic heterocycles. The van der Waals surface area contributed by atoms with Crippen molar-refractivity contribution in [3.8, 4) is 17.1 Å². The molecule has 0 spiro atoms. The molecule has 39 heavy (non-hydrogen) atoms. The third kappa shape index (κ3) is 4.44. The molecule has 3 heterocycles. The van der Waals surface area contributed by atoms with Gasteiger partial charge in [0.05, 0.1) is 17.9 Å². The molecule has 194 valence electrons. The molecule has 5 aromatic rings. The molecule has 0 unspecified atom stereocenters. The first-order chi connectivity index (χ1) is 18.9. The van der Waals surface area contributed by atoms with E-state index in [9.17, 15) is 14.4 Å². The van der Waals surface area contributed by atoms with Crippen molar-refractivity contribution < 1.29 is 14.3 Å². The molecule has 0 atom stereocenters. The van der Waals surface area contributed by atoms with Crippen molar-refractivity contribution in [2.45, 2.75) is 13.8 Å². The Hall–Kier alpha value is -4.83. The van der Waals surface area contributed by atoms with Crippen molar-refractivity contribution in [1.82, 2.24) is 14.6 Å². The summed E-state index contributed by atoms with van der Waals surface area (Å²) in [5.41, 5.74) is 3.49. The number of nitrogens with zero attached hydrogens (tertiary/aromatic N) is 4. The lowest BCUT2D eigenvalue weighted by molar-refractivity contribution is -0.118. The summed E-state index contributed by atoms with van der Waals surface area (Å²) in [7, 11) is 0. The number of amides is 2. The number of ether oxygens (including phenoxy) is 1. The molecule has 0 bridgehead atoms. The lowest BCUT2D eigenvalue weighted by Gasteiger charge is -2.16. The lowest BCUT2D eigenvalue weighted by atomic mass is 10.1. The Labute approximate surface area is 227 Å². The number of aryl methyl sites for hydroxylation is 1. The van der Waals surface area contributed by atoms with Crippen LogP contribution in [-0.2, 0) is 9.59 Å². The highest BCUT2D eigenvalue weighted by molar-refractivity contribution is 7.15. The second kappa shape index (κ2) is 9.80. The number of para-hydroxylation sites is 1. The van der Waals surface area contributed by atoms with E-state index < -0.39 is 11.5 Å². The van der Waals surface area contributed by atoms with Gasteiger partial charge < -0.3 is 10.1 Å². The van der Waals surface area contributed by atoms with Gasteiger partial charge in [0.25, 0.3) is 11.5 Å². The van der Waals surface area contributed by atoms with Crippen molar-refractivity contribution in [2.24, 2.45) is 0 Å². The Morgan fingerprint density at radius 2 is 1.74 bits per heavy atom. The van der Waals surface area contributed by atoms with Gasteiger partial charge in [-0.25, -0.2) is 0 Å². The van der Waals surface area contributed by atoms with E-state index >= 15 is 0 Å². The average Bonchev–Trinajstić information content (AvgIpc) is 3.57. The number of nitrogens with one attached hydrogen (secondary N) is 1. The van der Waals surface area contributed by atoms with Gasteiger partial charge in [0.1, 0.15) is 16.8 Å². The van der Waals surface area contributed by atoms with Crippen LogP contribution >= 0.6 is 11.3 Å². The van der Waals surface area contributed by atoms with Gasteiger partial charge in [-0.15, -0.1) is 5.10 Å². The Balaban J connectivity index is 1.33. The van der Waals surface area contributed by atoms with Gasteiger partial charge in [0.15, 0.2) is 5.82 Å². The standard InChI is InChI=1S/C29H23N5O4S/c1-3-38-20-14-12-19(13-15-20)30-23(35)16-33-22-7-5-4-6-21(22)24(27(33)36)25-28(37)34-29(39-25)31-26(32-34)18-10-8-17(2)9-11-18/h4-15H,3,16H2,1-2H3,(H,30,35). The van der Waals surface area contributed by atoms with Crippen molar-refractivity contribution in [1.29, 1.82) is 0 Å². The number of hydrogen-bond acceptors (Lipinski definition) is 7. The summed E-state index contributed by atoms with van der Waals surface area (Å²) in [6.07, 6.45) is 0. The smallest absolute Gasteiger partial charge is 0.291 e. The van der Waals surface area contributed by atoms with Gasteiger partial charge in [-0.2, -0.15) is 9.50 Å². The topological polar surface area (TPSA) is 106 Å². The molecule has 2 amide bonds.